The number of amides is 1. The molecule has 8 nitrogen and oxygen atoms in total. The molecular weight excluding hydrogens is 350 g/mol. The highest BCUT2D eigenvalue weighted by atomic mass is 16.5. The van der Waals surface area contributed by atoms with Crippen LogP contribution in [0, 0.1) is 13.8 Å². The smallest absolute Gasteiger partial charge is 0.331 e. The van der Waals surface area contributed by atoms with E-state index in [2.05, 4.69) is 10.4 Å². The topological polar surface area (TPSA) is 91.7 Å². The fourth-order valence-electron chi connectivity index (χ4n) is 2.44. The van der Waals surface area contributed by atoms with Crippen molar-refractivity contribution in [1.29, 1.82) is 0 Å². The van der Waals surface area contributed by atoms with Gasteiger partial charge in [-0.25, -0.2) is 4.79 Å². The summed E-state index contributed by atoms with van der Waals surface area (Å²) >= 11 is 0. The lowest BCUT2D eigenvalue weighted by atomic mass is 10.1. The number of ether oxygens (including phenoxy) is 3. The molecule has 0 bridgehead atoms. The zero-order chi connectivity index (χ0) is 20.0. The van der Waals surface area contributed by atoms with Gasteiger partial charge in [-0.2, -0.15) is 5.10 Å². The van der Waals surface area contributed by atoms with Crippen molar-refractivity contribution in [2.45, 2.75) is 13.8 Å². The van der Waals surface area contributed by atoms with Crippen LogP contribution in [0.2, 0.25) is 0 Å². The van der Waals surface area contributed by atoms with Crippen LogP contribution in [-0.4, -0.2) is 42.5 Å². The molecule has 1 aromatic carbocycles. The first-order chi connectivity index (χ1) is 12.8. The van der Waals surface area contributed by atoms with Gasteiger partial charge in [-0.15, -0.1) is 0 Å². The van der Waals surface area contributed by atoms with Crippen LogP contribution in [-0.2, 0) is 21.4 Å². The van der Waals surface area contributed by atoms with Crippen LogP contribution in [0.15, 0.2) is 24.3 Å². The Kier molecular flexibility index (Phi) is 6.59. The number of carbonyl (C=O) groups is 2. The molecule has 2 rings (SSSR count). The van der Waals surface area contributed by atoms with Crippen LogP contribution in [0.25, 0.3) is 6.08 Å². The molecule has 27 heavy (non-hydrogen) atoms. The normalized spacial score (nSPS) is 10.7. The summed E-state index contributed by atoms with van der Waals surface area (Å²) in [6.07, 6.45) is 2.77. The Hall–Kier alpha value is -3.29. The van der Waals surface area contributed by atoms with E-state index >= 15 is 0 Å². The van der Waals surface area contributed by atoms with E-state index in [1.807, 2.05) is 6.92 Å². The second-order valence-corrected chi connectivity index (χ2v) is 5.77. The van der Waals surface area contributed by atoms with Crippen molar-refractivity contribution in [3.8, 4) is 11.5 Å². The maximum Gasteiger partial charge on any atom is 0.331 e. The van der Waals surface area contributed by atoms with E-state index in [0.717, 1.165) is 5.69 Å². The number of hydrogen-bond acceptors (Lipinski definition) is 6. The summed E-state index contributed by atoms with van der Waals surface area (Å²) < 4.78 is 17.0. The van der Waals surface area contributed by atoms with Crippen LogP contribution in [0.5, 0.6) is 11.5 Å². The van der Waals surface area contributed by atoms with Gasteiger partial charge in [-0.1, -0.05) is 0 Å². The number of aryl methyl sites for hydroxylation is 2. The number of rotatable bonds is 7. The Balaban J connectivity index is 1.94. The van der Waals surface area contributed by atoms with E-state index < -0.39 is 18.5 Å². The van der Waals surface area contributed by atoms with Crippen molar-refractivity contribution >= 4 is 23.6 Å². The molecule has 0 fully saturated rings. The fourth-order valence-corrected chi connectivity index (χ4v) is 2.44. The average molecular weight is 373 g/mol. The summed E-state index contributed by atoms with van der Waals surface area (Å²) in [6.45, 7) is 3.23. The van der Waals surface area contributed by atoms with E-state index in [0.29, 0.717) is 28.4 Å². The van der Waals surface area contributed by atoms with Crippen molar-refractivity contribution in [2.75, 3.05) is 26.1 Å². The number of nitrogens with one attached hydrogen (secondary N) is 1. The lowest BCUT2D eigenvalue weighted by molar-refractivity contribution is -0.142. The average Bonchev–Trinajstić information content (AvgIpc) is 2.90. The van der Waals surface area contributed by atoms with Crippen molar-refractivity contribution < 1.29 is 23.8 Å². The third kappa shape index (κ3) is 5.10. The van der Waals surface area contributed by atoms with Crippen molar-refractivity contribution in [1.82, 2.24) is 9.78 Å². The molecule has 1 N–H and O–H groups in total. The van der Waals surface area contributed by atoms with Gasteiger partial charge in [0.1, 0.15) is 11.5 Å². The Bertz CT molecular complexity index is 870. The quantitative estimate of drug-likeness (QED) is 0.591. The molecule has 2 aromatic rings. The Morgan fingerprint density at radius 2 is 1.96 bits per heavy atom. The van der Waals surface area contributed by atoms with E-state index in [4.69, 9.17) is 14.2 Å². The predicted molar refractivity (Wildman–Crippen MR) is 101 cm³/mol. The Labute approximate surface area is 157 Å². The first kappa shape index (κ1) is 20.0. The van der Waals surface area contributed by atoms with Gasteiger partial charge in [-0.05, 0) is 38.1 Å². The maximum absolute atomic E-state index is 12.0. The van der Waals surface area contributed by atoms with E-state index in [-0.39, 0.29) is 0 Å². The SMILES string of the molecule is COc1ccc(OC)c(/C=C/C(=O)OCC(=O)Nc2c(C)nn(C)c2C)c1. The predicted octanol–water partition coefficient (Wildman–Crippen LogP) is 2.25. The van der Waals surface area contributed by atoms with Gasteiger partial charge in [0, 0.05) is 18.7 Å². The molecular formula is C19H23N3O5. The van der Waals surface area contributed by atoms with E-state index in [1.54, 1.807) is 44.0 Å². The Morgan fingerprint density at radius 1 is 1.22 bits per heavy atom. The minimum Gasteiger partial charge on any atom is -0.497 e. The van der Waals surface area contributed by atoms with Gasteiger partial charge in [0.2, 0.25) is 0 Å². The van der Waals surface area contributed by atoms with Gasteiger partial charge in [-0.3, -0.25) is 9.48 Å². The number of aromatic nitrogens is 2. The Morgan fingerprint density at radius 3 is 2.56 bits per heavy atom. The summed E-state index contributed by atoms with van der Waals surface area (Å²) in [5.41, 5.74) is 2.78. The summed E-state index contributed by atoms with van der Waals surface area (Å²) in [6, 6.07) is 5.21. The van der Waals surface area contributed by atoms with Crippen molar-refractivity contribution in [3.05, 3.63) is 41.2 Å². The fraction of sp³-hybridized carbons (Fsp3) is 0.316. The molecule has 1 aromatic heterocycles. The number of hydrogen-bond donors (Lipinski definition) is 1. The van der Waals surface area contributed by atoms with Crippen molar-refractivity contribution in [3.63, 3.8) is 0 Å². The molecule has 0 atom stereocenters. The summed E-state index contributed by atoms with van der Waals surface area (Å²) in [5.74, 6) is 0.134. The monoisotopic (exact) mass is 373 g/mol. The number of methoxy groups -OCH3 is 2. The van der Waals surface area contributed by atoms with E-state index in [1.165, 1.54) is 19.3 Å². The molecule has 8 heteroatoms. The summed E-state index contributed by atoms with van der Waals surface area (Å²) in [7, 11) is 4.87. The lowest BCUT2D eigenvalue weighted by Crippen LogP contribution is -2.20. The van der Waals surface area contributed by atoms with Crippen molar-refractivity contribution in [2.24, 2.45) is 7.05 Å². The number of esters is 1. The largest absolute Gasteiger partial charge is 0.497 e. The van der Waals surface area contributed by atoms with Crippen LogP contribution in [0.4, 0.5) is 5.69 Å². The lowest BCUT2D eigenvalue weighted by Gasteiger charge is -2.07. The van der Waals surface area contributed by atoms with Gasteiger partial charge >= 0.3 is 5.97 Å². The standard InChI is InChI=1S/C19H23N3O5/c1-12-19(13(2)22(3)21-12)20-17(23)11-27-18(24)9-6-14-10-15(25-4)7-8-16(14)26-5/h6-10H,11H2,1-5H3,(H,20,23)/b9-6+. The molecule has 0 aliphatic rings. The molecule has 0 unspecified atom stereocenters. The van der Waals surface area contributed by atoms with Gasteiger partial charge in [0.25, 0.3) is 5.91 Å². The number of carbonyl (C=O) groups excluding carboxylic acids is 2. The molecule has 0 saturated heterocycles. The first-order valence-electron chi connectivity index (χ1n) is 8.22. The summed E-state index contributed by atoms with van der Waals surface area (Å²) in [4.78, 5) is 23.9. The first-order valence-corrected chi connectivity index (χ1v) is 8.22. The third-order valence-corrected chi connectivity index (χ3v) is 3.95. The van der Waals surface area contributed by atoms with Crippen LogP contribution >= 0.6 is 0 Å². The zero-order valence-electron chi connectivity index (χ0n) is 16.0. The molecule has 0 spiro atoms. The maximum atomic E-state index is 12.0. The van der Waals surface area contributed by atoms with Gasteiger partial charge in [0.05, 0.1) is 31.3 Å². The molecule has 1 amide bonds. The van der Waals surface area contributed by atoms with Crippen LogP contribution in [0.3, 0.4) is 0 Å². The second-order valence-electron chi connectivity index (χ2n) is 5.77. The zero-order valence-corrected chi connectivity index (χ0v) is 16.0. The second kappa shape index (κ2) is 8.88. The molecule has 0 radical (unpaired) electrons. The molecule has 0 saturated carbocycles. The third-order valence-electron chi connectivity index (χ3n) is 3.95. The summed E-state index contributed by atoms with van der Waals surface area (Å²) in [5, 5.41) is 6.91. The van der Waals surface area contributed by atoms with E-state index in [9.17, 15) is 9.59 Å². The molecule has 1 heterocycles. The number of anilines is 1. The minimum atomic E-state index is -0.644. The highest BCUT2D eigenvalue weighted by Crippen LogP contribution is 2.25. The number of nitrogens with zero attached hydrogens (tertiary/aromatic N) is 2. The number of benzene rings is 1. The van der Waals surface area contributed by atoms with Gasteiger partial charge < -0.3 is 19.5 Å². The minimum absolute atomic E-state index is 0.397. The highest BCUT2D eigenvalue weighted by molar-refractivity contribution is 5.95. The molecule has 144 valence electrons. The highest BCUT2D eigenvalue weighted by Gasteiger charge is 2.13. The molecule has 0 aliphatic carbocycles. The van der Waals surface area contributed by atoms with Crippen LogP contribution < -0.4 is 14.8 Å². The molecule has 0 aliphatic heterocycles. The van der Waals surface area contributed by atoms with Crippen LogP contribution in [0.1, 0.15) is 17.0 Å². The van der Waals surface area contributed by atoms with Gasteiger partial charge in [0.15, 0.2) is 6.61 Å².